The first-order valence-electron chi connectivity index (χ1n) is 11.4. The van der Waals surface area contributed by atoms with Gasteiger partial charge in [-0.1, -0.05) is 35.3 Å². The Morgan fingerprint density at radius 1 is 1.05 bits per heavy atom. The van der Waals surface area contributed by atoms with E-state index in [1.807, 2.05) is 0 Å². The minimum Gasteiger partial charge on any atom is -0.466 e. The molecule has 0 bridgehead atoms. The predicted octanol–water partition coefficient (Wildman–Crippen LogP) is 4.96. The van der Waals surface area contributed by atoms with Gasteiger partial charge in [-0.25, -0.2) is 14.4 Å². The molecule has 0 saturated carbocycles. The van der Waals surface area contributed by atoms with Crippen LogP contribution in [0.3, 0.4) is 0 Å². The molecule has 0 aliphatic carbocycles. The van der Waals surface area contributed by atoms with Gasteiger partial charge in [0.2, 0.25) is 6.17 Å². The number of methoxy groups -OCH3 is 1. The molecule has 4 amide bonds. The van der Waals surface area contributed by atoms with Crippen LogP contribution in [0.15, 0.2) is 48.5 Å². The van der Waals surface area contributed by atoms with Crippen LogP contribution >= 0.6 is 35.1 Å². The third kappa shape index (κ3) is 7.24. The quantitative estimate of drug-likeness (QED) is 0.363. The summed E-state index contributed by atoms with van der Waals surface area (Å²) >= 11 is 12.9. The fourth-order valence-corrected chi connectivity index (χ4v) is 4.80. The molecule has 1 heterocycles. The van der Waals surface area contributed by atoms with Crippen molar-refractivity contribution in [2.24, 2.45) is 0 Å². The van der Waals surface area contributed by atoms with Crippen molar-refractivity contribution in [3.05, 3.63) is 69.7 Å². The summed E-state index contributed by atoms with van der Waals surface area (Å²) in [5, 5.41) is 3.75. The van der Waals surface area contributed by atoms with Crippen LogP contribution in [0.25, 0.3) is 0 Å². The van der Waals surface area contributed by atoms with E-state index < -0.39 is 41.3 Å². The number of urea groups is 1. The number of carbonyl (C=O) groups excluding carboxylic acids is 4. The van der Waals surface area contributed by atoms with E-state index in [0.29, 0.717) is 10.0 Å². The highest BCUT2D eigenvalue weighted by Crippen LogP contribution is 2.34. The summed E-state index contributed by atoms with van der Waals surface area (Å²) < 4.78 is 11.7. The molecule has 2 atom stereocenters. The predicted molar refractivity (Wildman–Crippen MR) is 144 cm³/mol. The number of halogens is 2. The van der Waals surface area contributed by atoms with Crippen molar-refractivity contribution in [3.63, 3.8) is 0 Å². The molecule has 204 valence electrons. The van der Waals surface area contributed by atoms with Gasteiger partial charge in [0, 0.05) is 34.6 Å². The number of nitrogens with one attached hydrogen (secondary N) is 1. The lowest BCUT2D eigenvalue weighted by molar-refractivity contribution is -0.152. The Hall–Kier alpha value is -3.15. The maximum absolute atomic E-state index is 13.7. The number of benzene rings is 2. The lowest BCUT2D eigenvalue weighted by Gasteiger charge is -2.35. The van der Waals surface area contributed by atoms with Gasteiger partial charge in [-0.3, -0.25) is 18.9 Å². The zero-order chi connectivity index (χ0) is 28.2. The number of carbonyl (C=O) groups is 4. The van der Waals surface area contributed by atoms with E-state index in [2.05, 4.69) is 5.32 Å². The van der Waals surface area contributed by atoms with Gasteiger partial charge < -0.3 is 14.8 Å². The Morgan fingerprint density at radius 2 is 1.61 bits per heavy atom. The first kappa shape index (κ1) is 29.4. The summed E-state index contributed by atoms with van der Waals surface area (Å²) in [5.74, 6) is -1.42. The van der Waals surface area contributed by atoms with Gasteiger partial charge in [0.05, 0.1) is 13.7 Å². The maximum atomic E-state index is 13.7. The van der Waals surface area contributed by atoms with Crippen LogP contribution in [-0.2, 0) is 20.8 Å². The highest BCUT2D eigenvalue weighted by Gasteiger charge is 2.49. The molecule has 13 heteroatoms. The Labute approximate surface area is 235 Å². The van der Waals surface area contributed by atoms with Crippen molar-refractivity contribution in [1.82, 2.24) is 19.4 Å². The standard InChI is InChI=1S/C25H28Cl2N4O6S/c1-25(2,3)37-24(35)29(4)20(21(33)36-5)31-22(28-19(32)16-8-12-18(27)13-9-16)38-30(23(31)34)14-15-6-10-17(26)11-7-15/h6-13,20,22H,14H2,1-5H3,(H,28,32). The molecule has 2 aromatic rings. The first-order chi connectivity index (χ1) is 17.8. The van der Waals surface area contributed by atoms with E-state index in [4.69, 9.17) is 32.7 Å². The SMILES string of the molecule is COC(=O)C(N(C)C(=O)OC(C)(C)C)N1C(=O)N(Cc2ccc(Cl)cc2)SC1NC(=O)c1ccc(Cl)cc1. The van der Waals surface area contributed by atoms with Crippen LogP contribution in [0.2, 0.25) is 10.0 Å². The number of ether oxygens (including phenoxy) is 2. The third-order valence-corrected chi connectivity index (χ3v) is 6.83. The summed E-state index contributed by atoms with van der Waals surface area (Å²) in [5.41, 5.74) is -0.894. The van der Waals surface area contributed by atoms with Crippen molar-refractivity contribution in [2.45, 2.75) is 44.6 Å². The first-order valence-corrected chi connectivity index (χ1v) is 13.0. The largest absolute Gasteiger partial charge is 0.466 e. The minimum absolute atomic E-state index is 0.133. The molecule has 2 aromatic carbocycles. The molecule has 1 aliphatic heterocycles. The number of hydrogen-bond acceptors (Lipinski definition) is 7. The molecule has 1 aliphatic rings. The molecule has 38 heavy (non-hydrogen) atoms. The van der Waals surface area contributed by atoms with Gasteiger partial charge in [0.25, 0.3) is 5.91 Å². The Morgan fingerprint density at radius 3 is 2.13 bits per heavy atom. The lowest BCUT2D eigenvalue weighted by Crippen LogP contribution is -2.60. The molecule has 1 fully saturated rings. The molecule has 0 spiro atoms. The van der Waals surface area contributed by atoms with E-state index in [9.17, 15) is 19.2 Å². The Kier molecular flexibility index (Phi) is 9.40. The zero-order valence-corrected chi connectivity index (χ0v) is 23.8. The molecule has 2 unspecified atom stereocenters. The molecular weight excluding hydrogens is 555 g/mol. The number of amides is 4. The molecular formula is C25H28Cl2N4O6S. The van der Waals surface area contributed by atoms with Crippen molar-refractivity contribution in [3.8, 4) is 0 Å². The number of esters is 1. The fourth-order valence-electron chi connectivity index (χ4n) is 3.43. The second kappa shape index (κ2) is 12.1. The summed E-state index contributed by atoms with van der Waals surface area (Å²) in [4.78, 5) is 54.6. The summed E-state index contributed by atoms with van der Waals surface area (Å²) in [6.45, 7) is 5.15. The fraction of sp³-hybridized carbons (Fsp3) is 0.360. The van der Waals surface area contributed by atoms with E-state index in [1.165, 1.54) is 23.5 Å². The van der Waals surface area contributed by atoms with Crippen molar-refractivity contribution >= 4 is 59.2 Å². The van der Waals surface area contributed by atoms with E-state index in [0.717, 1.165) is 34.4 Å². The highest BCUT2D eigenvalue weighted by molar-refractivity contribution is 7.98. The van der Waals surface area contributed by atoms with Crippen LogP contribution in [-0.4, -0.2) is 69.5 Å². The van der Waals surface area contributed by atoms with Gasteiger partial charge in [-0.15, -0.1) is 0 Å². The molecule has 3 rings (SSSR count). The molecule has 10 nitrogen and oxygen atoms in total. The Bertz CT molecular complexity index is 1190. The van der Waals surface area contributed by atoms with Crippen LogP contribution in [0.5, 0.6) is 0 Å². The highest BCUT2D eigenvalue weighted by atomic mass is 35.5. The summed E-state index contributed by atoms with van der Waals surface area (Å²) in [6, 6.07) is 12.4. The van der Waals surface area contributed by atoms with E-state index >= 15 is 0 Å². The van der Waals surface area contributed by atoms with Gasteiger partial charge >= 0.3 is 18.1 Å². The van der Waals surface area contributed by atoms with Gasteiger partial charge in [0.15, 0.2) is 5.50 Å². The smallest absolute Gasteiger partial charge is 0.412 e. The molecule has 0 aromatic heterocycles. The summed E-state index contributed by atoms with van der Waals surface area (Å²) in [6.07, 6.45) is -2.40. The van der Waals surface area contributed by atoms with Crippen LogP contribution in [0.1, 0.15) is 36.7 Å². The van der Waals surface area contributed by atoms with Crippen LogP contribution in [0.4, 0.5) is 9.59 Å². The maximum Gasteiger partial charge on any atom is 0.412 e. The van der Waals surface area contributed by atoms with E-state index in [1.54, 1.807) is 57.2 Å². The van der Waals surface area contributed by atoms with Crippen molar-refractivity contribution in [2.75, 3.05) is 14.2 Å². The van der Waals surface area contributed by atoms with Crippen LogP contribution < -0.4 is 5.32 Å². The van der Waals surface area contributed by atoms with Crippen molar-refractivity contribution in [1.29, 1.82) is 0 Å². The number of rotatable bonds is 7. The van der Waals surface area contributed by atoms with Gasteiger partial charge in [-0.05, 0) is 62.7 Å². The minimum atomic E-state index is -1.54. The molecule has 1 saturated heterocycles. The monoisotopic (exact) mass is 582 g/mol. The topological polar surface area (TPSA) is 108 Å². The number of likely N-dealkylation sites (N-methyl/N-ethyl adjacent to an activating group) is 1. The number of nitrogens with zero attached hydrogens (tertiary/aromatic N) is 3. The van der Waals surface area contributed by atoms with Crippen molar-refractivity contribution < 1.29 is 28.7 Å². The summed E-state index contributed by atoms with van der Waals surface area (Å²) in [7, 11) is 2.45. The average Bonchev–Trinajstić information content (AvgIpc) is 3.14. The van der Waals surface area contributed by atoms with E-state index in [-0.39, 0.29) is 12.1 Å². The normalized spacial score (nSPS) is 16.2. The average molecular weight is 583 g/mol. The Balaban J connectivity index is 1.96. The molecule has 1 N–H and O–H groups in total. The lowest BCUT2D eigenvalue weighted by atomic mass is 10.2. The second-order valence-electron chi connectivity index (χ2n) is 9.28. The van der Waals surface area contributed by atoms with Gasteiger partial charge in [0.1, 0.15) is 5.60 Å². The molecule has 0 radical (unpaired) electrons. The second-order valence-corrected chi connectivity index (χ2v) is 11.3. The third-order valence-electron chi connectivity index (χ3n) is 5.24. The zero-order valence-electron chi connectivity index (χ0n) is 21.4. The van der Waals surface area contributed by atoms with Gasteiger partial charge in [-0.2, -0.15) is 0 Å². The number of hydrogen-bond donors (Lipinski definition) is 1. The van der Waals surface area contributed by atoms with Crippen LogP contribution in [0, 0.1) is 0 Å².